The van der Waals surface area contributed by atoms with Gasteiger partial charge in [-0.05, 0) is 19.1 Å². The number of hydrogen-bond donors (Lipinski definition) is 2. The van der Waals surface area contributed by atoms with Crippen molar-refractivity contribution >= 4 is 5.78 Å². The van der Waals surface area contributed by atoms with E-state index in [0.717, 1.165) is 0 Å². The third kappa shape index (κ3) is 2.25. The largest absolute Gasteiger partial charge is 0.502 e. The predicted octanol–water partition coefficient (Wildman–Crippen LogP) is 0.973. The van der Waals surface area contributed by atoms with E-state index in [0.29, 0.717) is 0 Å². The van der Waals surface area contributed by atoms with Gasteiger partial charge in [0.1, 0.15) is 6.10 Å². The van der Waals surface area contributed by atoms with E-state index in [4.69, 9.17) is 9.47 Å². The Morgan fingerprint density at radius 3 is 2.00 bits per heavy atom. The normalized spacial score (nSPS) is 12.0. The van der Waals surface area contributed by atoms with Crippen LogP contribution in [0, 0.1) is 0 Å². The van der Waals surface area contributed by atoms with Crippen LogP contribution in [0.15, 0.2) is 12.1 Å². The minimum atomic E-state index is -1.11. The van der Waals surface area contributed by atoms with E-state index in [2.05, 4.69) is 0 Å². The van der Waals surface area contributed by atoms with Gasteiger partial charge in [-0.2, -0.15) is 0 Å². The van der Waals surface area contributed by atoms with Crippen LogP contribution in [0.1, 0.15) is 17.3 Å². The van der Waals surface area contributed by atoms with E-state index in [9.17, 15) is 15.0 Å². The number of benzene rings is 1. The number of aliphatic hydroxyl groups excluding tert-OH is 1. The lowest BCUT2D eigenvalue weighted by molar-refractivity contribution is 0.0779. The summed E-state index contributed by atoms with van der Waals surface area (Å²) in [5.41, 5.74) is 0.224. The molecule has 88 valence electrons. The average Bonchev–Trinajstić information content (AvgIpc) is 2.28. The minimum Gasteiger partial charge on any atom is -0.502 e. The van der Waals surface area contributed by atoms with E-state index in [1.54, 1.807) is 0 Å². The van der Waals surface area contributed by atoms with Crippen LogP contribution in [0.5, 0.6) is 17.2 Å². The average molecular weight is 226 g/mol. The lowest BCUT2D eigenvalue weighted by Crippen LogP contribution is -2.16. The van der Waals surface area contributed by atoms with Crippen molar-refractivity contribution in [1.82, 2.24) is 0 Å². The summed E-state index contributed by atoms with van der Waals surface area (Å²) in [6.07, 6.45) is -1.11. The number of ether oxygens (including phenoxy) is 2. The smallest absolute Gasteiger partial charge is 0.200 e. The molecule has 5 heteroatoms. The molecule has 1 rings (SSSR count). The molecular formula is C11H14O5. The Morgan fingerprint density at radius 1 is 1.25 bits per heavy atom. The number of phenolic OH excluding ortho intramolecular Hbond substituents is 1. The molecule has 0 spiro atoms. The summed E-state index contributed by atoms with van der Waals surface area (Å²) in [6.45, 7) is 1.37. The molecule has 1 atom stereocenters. The second-order valence-electron chi connectivity index (χ2n) is 3.27. The van der Waals surface area contributed by atoms with Gasteiger partial charge in [-0.1, -0.05) is 0 Å². The van der Waals surface area contributed by atoms with Crippen molar-refractivity contribution in [3.8, 4) is 17.2 Å². The second kappa shape index (κ2) is 4.85. The van der Waals surface area contributed by atoms with Crippen LogP contribution < -0.4 is 9.47 Å². The summed E-state index contributed by atoms with van der Waals surface area (Å²) in [5, 5.41) is 18.8. The van der Waals surface area contributed by atoms with Crippen molar-refractivity contribution in [3.05, 3.63) is 17.7 Å². The molecule has 0 aromatic heterocycles. The molecule has 0 unspecified atom stereocenters. The lowest BCUT2D eigenvalue weighted by Gasteiger charge is -2.11. The van der Waals surface area contributed by atoms with Crippen molar-refractivity contribution in [2.24, 2.45) is 0 Å². The highest BCUT2D eigenvalue weighted by atomic mass is 16.5. The van der Waals surface area contributed by atoms with Crippen molar-refractivity contribution in [2.75, 3.05) is 14.2 Å². The number of Topliss-reactive ketones (excluding diaryl/α,β-unsaturated/α-hetero) is 1. The van der Waals surface area contributed by atoms with Gasteiger partial charge in [0.2, 0.25) is 5.75 Å². The SMILES string of the molecule is COc1cc(C(=O)[C@H](C)O)cc(OC)c1O. The Hall–Kier alpha value is -1.75. The number of carbonyl (C=O) groups excluding carboxylic acids is 1. The summed E-state index contributed by atoms with van der Waals surface area (Å²) in [6, 6.07) is 2.71. The molecule has 0 saturated heterocycles. The number of aromatic hydroxyl groups is 1. The number of rotatable bonds is 4. The van der Waals surface area contributed by atoms with Gasteiger partial charge in [0, 0.05) is 5.56 Å². The maximum absolute atomic E-state index is 11.5. The van der Waals surface area contributed by atoms with Crippen molar-refractivity contribution in [2.45, 2.75) is 13.0 Å². The monoisotopic (exact) mass is 226 g/mol. The fourth-order valence-electron chi connectivity index (χ4n) is 1.28. The maximum Gasteiger partial charge on any atom is 0.200 e. The number of methoxy groups -OCH3 is 2. The fourth-order valence-corrected chi connectivity index (χ4v) is 1.28. The summed E-state index contributed by atoms with van der Waals surface area (Å²) < 4.78 is 9.79. The predicted molar refractivity (Wildman–Crippen MR) is 57.2 cm³/mol. The Labute approximate surface area is 93.2 Å². The van der Waals surface area contributed by atoms with Crippen molar-refractivity contribution in [3.63, 3.8) is 0 Å². The zero-order chi connectivity index (χ0) is 12.3. The zero-order valence-corrected chi connectivity index (χ0v) is 9.35. The molecule has 1 aromatic carbocycles. The molecule has 16 heavy (non-hydrogen) atoms. The topological polar surface area (TPSA) is 76.0 Å². The number of carbonyl (C=O) groups is 1. The van der Waals surface area contributed by atoms with Crippen LogP contribution in [0.2, 0.25) is 0 Å². The van der Waals surface area contributed by atoms with Crippen LogP contribution >= 0.6 is 0 Å². The molecule has 2 N–H and O–H groups in total. The molecule has 0 amide bonds. The fraction of sp³-hybridized carbons (Fsp3) is 0.364. The Kier molecular flexibility index (Phi) is 3.73. The molecule has 0 saturated carbocycles. The van der Waals surface area contributed by atoms with E-state index in [1.165, 1.54) is 33.3 Å². The van der Waals surface area contributed by atoms with Gasteiger partial charge in [-0.15, -0.1) is 0 Å². The Balaban J connectivity index is 3.27. The molecule has 0 aliphatic rings. The molecule has 0 aliphatic carbocycles. The van der Waals surface area contributed by atoms with Gasteiger partial charge in [-0.3, -0.25) is 4.79 Å². The number of aliphatic hydroxyl groups is 1. The van der Waals surface area contributed by atoms with Crippen LogP contribution in [0.4, 0.5) is 0 Å². The first kappa shape index (κ1) is 12.3. The first-order valence-corrected chi connectivity index (χ1v) is 4.68. The van der Waals surface area contributed by atoms with E-state index >= 15 is 0 Å². The van der Waals surface area contributed by atoms with Crippen LogP contribution in [0.3, 0.4) is 0 Å². The first-order valence-electron chi connectivity index (χ1n) is 4.68. The van der Waals surface area contributed by atoms with Crippen molar-refractivity contribution in [1.29, 1.82) is 0 Å². The minimum absolute atomic E-state index is 0.128. The highest BCUT2D eigenvalue weighted by molar-refractivity contribution is 6.00. The first-order chi connectivity index (χ1) is 7.51. The number of ketones is 1. The molecule has 0 radical (unpaired) electrons. The second-order valence-corrected chi connectivity index (χ2v) is 3.27. The Morgan fingerprint density at radius 2 is 1.69 bits per heavy atom. The summed E-state index contributed by atoms with van der Waals surface area (Å²) in [5.74, 6) is -0.379. The van der Waals surface area contributed by atoms with Crippen LogP contribution in [0.25, 0.3) is 0 Å². The van der Waals surface area contributed by atoms with Gasteiger partial charge in [0.05, 0.1) is 14.2 Å². The lowest BCUT2D eigenvalue weighted by atomic mass is 10.1. The van der Waals surface area contributed by atoms with Crippen LogP contribution in [-0.4, -0.2) is 36.3 Å². The third-order valence-corrected chi connectivity index (χ3v) is 2.14. The summed E-state index contributed by atoms with van der Waals surface area (Å²) in [4.78, 5) is 11.5. The zero-order valence-electron chi connectivity index (χ0n) is 9.35. The highest BCUT2D eigenvalue weighted by Gasteiger charge is 2.18. The van der Waals surface area contributed by atoms with Gasteiger partial charge in [0.25, 0.3) is 0 Å². The number of hydrogen-bond acceptors (Lipinski definition) is 5. The van der Waals surface area contributed by atoms with E-state index < -0.39 is 11.9 Å². The molecule has 1 aromatic rings. The molecule has 0 heterocycles. The Bertz CT molecular complexity index is 372. The number of phenols is 1. The van der Waals surface area contributed by atoms with Gasteiger partial charge in [-0.25, -0.2) is 0 Å². The highest BCUT2D eigenvalue weighted by Crippen LogP contribution is 2.37. The molecule has 0 bridgehead atoms. The van der Waals surface area contributed by atoms with Crippen LogP contribution in [-0.2, 0) is 0 Å². The van der Waals surface area contributed by atoms with Gasteiger partial charge < -0.3 is 19.7 Å². The summed E-state index contributed by atoms with van der Waals surface area (Å²) in [7, 11) is 2.73. The molecule has 0 aliphatic heterocycles. The maximum atomic E-state index is 11.5. The standard InChI is InChI=1S/C11H14O5/c1-6(12)10(13)7-4-8(15-2)11(14)9(5-7)16-3/h4-6,12,14H,1-3H3/t6-/m0/s1. The van der Waals surface area contributed by atoms with Crippen molar-refractivity contribution < 1.29 is 24.5 Å². The molecular weight excluding hydrogens is 212 g/mol. The quantitative estimate of drug-likeness (QED) is 0.748. The molecule has 5 nitrogen and oxygen atoms in total. The van der Waals surface area contributed by atoms with Gasteiger partial charge >= 0.3 is 0 Å². The van der Waals surface area contributed by atoms with E-state index in [1.807, 2.05) is 0 Å². The molecule has 0 fully saturated rings. The third-order valence-electron chi connectivity index (χ3n) is 2.14. The van der Waals surface area contributed by atoms with E-state index in [-0.39, 0.29) is 22.8 Å². The summed E-state index contributed by atoms with van der Waals surface area (Å²) >= 11 is 0. The van der Waals surface area contributed by atoms with Gasteiger partial charge in [0.15, 0.2) is 17.3 Å².